The van der Waals surface area contributed by atoms with Crippen molar-refractivity contribution in [3.05, 3.63) is 75.7 Å². The van der Waals surface area contributed by atoms with E-state index < -0.39 is 5.82 Å². The van der Waals surface area contributed by atoms with Crippen molar-refractivity contribution < 1.29 is 9.18 Å². The van der Waals surface area contributed by atoms with Crippen LogP contribution in [0.5, 0.6) is 0 Å². The van der Waals surface area contributed by atoms with Crippen LogP contribution in [0.1, 0.15) is 16.1 Å². The minimum Gasteiger partial charge on any atom is -0.365 e. The Kier molecular flexibility index (Phi) is 5.26. The van der Waals surface area contributed by atoms with Gasteiger partial charge in [0.1, 0.15) is 22.4 Å². The second kappa shape index (κ2) is 7.59. The first-order valence-corrected chi connectivity index (χ1v) is 8.10. The number of hydrogen-bond acceptors (Lipinski definition) is 4. The van der Waals surface area contributed by atoms with E-state index in [0.29, 0.717) is 24.2 Å². The molecule has 4 nitrogen and oxygen atoms in total. The van der Waals surface area contributed by atoms with Crippen molar-refractivity contribution in [1.82, 2.24) is 9.97 Å². The third kappa shape index (κ3) is 3.95. The van der Waals surface area contributed by atoms with E-state index in [2.05, 4.69) is 15.3 Å². The molecule has 3 rings (SSSR count). The first kappa shape index (κ1) is 17.3. The number of rotatable bonds is 5. The van der Waals surface area contributed by atoms with Gasteiger partial charge in [0, 0.05) is 12.1 Å². The lowest BCUT2D eigenvalue weighted by molar-refractivity contribution is 0.111. The maximum atomic E-state index is 13.7. The van der Waals surface area contributed by atoms with E-state index in [1.165, 1.54) is 12.1 Å². The maximum Gasteiger partial charge on any atom is 0.170 e. The zero-order chi connectivity index (χ0) is 17.8. The number of halogens is 3. The van der Waals surface area contributed by atoms with Crippen LogP contribution in [0.25, 0.3) is 11.4 Å². The van der Waals surface area contributed by atoms with Crippen molar-refractivity contribution in [2.75, 3.05) is 5.32 Å². The number of nitrogens with one attached hydrogen (secondary N) is 1. The van der Waals surface area contributed by atoms with Gasteiger partial charge in [0.05, 0.1) is 5.02 Å². The maximum absolute atomic E-state index is 13.7. The standard InChI is InChI=1S/C18H12Cl2FN3O/c19-13-7-6-12(8-14(13)21)17-23-15(10-25)16(20)18(24-17)22-9-11-4-2-1-3-5-11/h1-8,10H,9H2,(H,22,23,24). The van der Waals surface area contributed by atoms with Crippen LogP contribution in [0.15, 0.2) is 48.5 Å². The molecule has 0 aliphatic heterocycles. The van der Waals surface area contributed by atoms with Crippen molar-refractivity contribution in [2.45, 2.75) is 6.54 Å². The SMILES string of the molecule is O=Cc1nc(-c2ccc(Cl)c(F)c2)nc(NCc2ccccc2)c1Cl. The van der Waals surface area contributed by atoms with Crippen LogP contribution in [-0.4, -0.2) is 16.3 Å². The molecule has 1 N–H and O–H groups in total. The summed E-state index contributed by atoms with van der Waals surface area (Å²) in [4.78, 5) is 19.7. The zero-order valence-corrected chi connectivity index (χ0v) is 14.4. The Morgan fingerprint density at radius 3 is 2.52 bits per heavy atom. The highest BCUT2D eigenvalue weighted by Crippen LogP contribution is 2.28. The van der Waals surface area contributed by atoms with Crippen molar-refractivity contribution in [2.24, 2.45) is 0 Å². The van der Waals surface area contributed by atoms with Crippen LogP contribution in [-0.2, 0) is 6.54 Å². The molecule has 2 aromatic carbocycles. The Hall–Kier alpha value is -2.50. The number of anilines is 1. The molecule has 0 spiro atoms. The smallest absolute Gasteiger partial charge is 0.170 e. The molecule has 0 unspecified atom stereocenters. The average Bonchev–Trinajstić information content (AvgIpc) is 2.64. The zero-order valence-electron chi connectivity index (χ0n) is 12.8. The van der Waals surface area contributed by atoms with Crippen LogP contribution < -0.4 is 5.32 Å². The van der Waals surface area contributed by atoms with Gasteiger partial charge in [-0.25, -0.2) is 14.4 Å². The van der Waals surface area contributed by atoms with E-state index in [1.54, 1.807) is 6.07 Å². The van der Waals surface area contributed by atoms with Gasteiger partial charge < -0.3 is 5.32 Å². The summed E-state index contributed by atoms with van der Waals surface area (Å²) in [5, 5.41) is 3.19. The van der Waals surface area contributed by atoms with Gasteiger partial charge in [-0.3, -0.25) is 4.79 Å². The molecule has 1 heterocycles. The van der Waals surface area contributed by atoms with Crippen molar-refractivity contribution in [1.29, 1.82) is 0 Å². The minimum absolute atomic E-state index is 0.00393. The topological polar surface area (TPSA) is 54.9 Å². The van der Waals surface area contributed by atoms with Gasteiger partial charge >= 0.3 is 0 Å². The fourth-order valence-electron chi connectivity index (χ4n) is 2.21. The summed E-state index contributed by atoms with van der Waals surface area (Å²) in [7, 11) is 0. The molecule has 0 atom stereocenters. The molecule has 3 aromatic rings. The Labute approximate surface area is 153 Å². The molecule has 0 aliphatic rings. The number of aromatic nitrogens is 2. The van der Waals surface area contributed by atoms with Gasteiger partial charge in [-0.1, -0.05) is 53.5 Å². The lowest BCUT2D eigenvalue weighted by atomic mass is 10.2. The van der Waals surface area contributed by atoms with E-state index in [9.17, 15) is 9.18 Å². The minimum atomic E-state index is -0.593. The molecule has 0 saturated carbocycles. The fourth-order valence-corrected chi connectivity index (χ4v) is 2.52. The summed E-state index contributed by atoms with van der Waals surface area (Å²) in [6.45, 7) is 0.463. The van der Waals surface area contributed by atoms with E-state index in [0.717, 1.165) is 5.56 Å². The molecule has 0 aliphatic carbocycles. The van der Waals surface area contributed by atoms with Crippen molar-refractivity contribution in [3.8, 4) is 11.4 Å². The molecule has 0 amide bonds. The molecular formula is C18H12Cl2FN3O. The van der Waals surface area contributed by atoms with Gasteiger partial charge in [0.2, 0.25) is 0 Å². The summed E-state index contributed by atoms with van der Waals surface area (Å²) in [6.07, 6.45) is 0.535. The van der Waals surface area contributed by atoms with Crippen LogP contribution in [0.4, 0.5) is 10.2 Å². The van der Waals surface area contributed by atoms with Crippen LogP contribution in [0, 0.1) is 5.82 Å². The Morgan fingerprint density at radius 2 is 1.84 bits per heavy atom. The van der Waals surface area contributed by atoms with Crippen molar-refractivity contribution >= 4 is 35.3 Å². The summed E-state index contributed by atoms with van der Waals surface area (Å²) in [5.74, 6) is -0.116. The summed E-state index contributed by atoms with van der Waals surface area (Å²) < 4.78 is 13.7. The van der Waals surface area contributed by atoms with Gasteiger partial charge in [0.15, 0.2) is 12.1 Å². The average molecular weight is 376 g/mol. The number of nitrogens with zero attached hydrogens (tertiary/aromatic N) is 2. The van der Waals surface area contributed by atoms with E-state index in [1.807, 2.05) is 30.3 Å². The largest absolute Gasteiger partial charge is 0.365 e. The van der Waals surface area contributed by atoms with Crippen LogP contribution in [0.3, 0.4) is 0 Å². The van der Waals surface area contributed by atoms with E-state index in [4.69, 9.17) is 23.2 Å². The number of carbonyl (C=O) groups is 1. The predicted octanol–water partition coefficient (Wildman–Crippen LogP) is 5.01. The lowest BCUT2D eigenvalue weighted by Crippen LogP contribution is -2.06. The first-order chi connectivity index (χ1) is 12.1. The fraction of sp³-hybridized carbons (Fsp3) is 0.0556. The highest BCUT2D eigenvalue weighted by Gasteiger charge is 2.14. The van der Waals surface area contributed by atoms with Crippen molar-refractivity contribution in [3.63, 3.8) is 0 Å². The number of benzene rings is 2. The molecule has 126 valence electrons. The molecule has 7 heteroatoms. The Bertz CT molecular complexity index is 920. The van der Waals surface area contributed by atoms with Crippen LogP contribution in [0.2, 0.25) is 10.0 Å². The normalized spacial score (nSPS) is 10.5. The predicted molar refractivity (Wildman–Crippen MR) is 96.6 cm³/mol. The van der Waals surface area contributed by atoms with Gasteiger partial charge in [-0.15, -0.1) is 0 Å². The third-order valence-electron chi connectivity index (χ3n) is 3.47. The molecule has 1 aromatic heterocycles. The molecule has 0 saturated heterocycles. The molecular weight excluding hydrogens is 364 g/mol. The monoisotopic (exact) mass is 375 g/mol. The first-order valence-electron chi connectivity index (χ1n) is 7.34. The summed E-state index contributed by atoms with van der Waals surface area (Å²) in [6, 6.07) is 13.8. The Balaban J connectivity index is 1.97. The Morgan fingerprint density at radius 1 is 1.08 bits per heavy atom. The molecule has 0 bridgehead atoms. The third-order valence-corrected chi connectivity index (χ3v) is 4.15. The number of carbonyl (C=O) groups excluding carboxylic acids is 1. The molecule has 0 radical (unpaired) electrons. The molecule has 25 heavy (non-hydrogen) atoms. The summed E-state index contributed by atoms with van der Waals surface area (Å²) in [5.41, 5.74) is 1.44. The van der Waals surface area contributed by atoms with Gasteiger partial charge in [-0.2, -0.15) is 0 Å². The summed E-state index contributed by atoms with van der Waals surface area (Å²) >= 11 is 11.9. The van der Waals surface area contributed by atoms with Gasteiger partial charge in [-0.05, 0) is 23.8 Å². The second-order valence-electron chi connectivity index (χ2n) is 5.18. The number of aldehydes is 1. The highest BCUT2D eigenvalue weighted by atomic mass is 35.5. The second-order valence-corrected chi connectivity index (χ2v) is 5.97. The molecule has 0 fully saturated rings. The van der Waals surface area contributed by atoms with E-state index >= 15 is 0 Å². The highest BCUT2D eigenvalue weighted by molar-refractivity contribution is 6.35. The number of hydrogen-bond donors (Lipinski definition) is 1. The van der Waals surface area contributed by atoms with Crippen LogP contribution >= 0.6 is 23.2 Å². The van der Waals surface area contributed by atoms with Gasteiger partial charge in [0.25, 0.3) is 0 Å². The quantitative estimate of drug-likeness (QED) is 0.636. The lowest BCUT2D eigenvalue weighted by Gasteiger charge is -2.11. The van der Waals surface area contributed by atoms with E-state index in [-0.39, 0.29) is 21.6 Å².